The van der Waals surface area contributed by atoms with E-state index in [0.717, 1.165) is 37.2 Å². The van der Waals surface area contributed by atoms with Crippen LogP contribution in [0.15, 0.2) is 18.2 Å². The predicted molar refractivity (Wildman–Crippen MR) is 55.6 cm³/mol. The van der Waals surface area contributed by atoms with Gasteiger partial charge in [0.25, 0.3) is 0 Å². The molecule has 1 saturated heterocycles. The largest absolute Gasteiger partial charge is 0.496 e. The van der Waals surface area contributed by atoms with Crippen LogP contribution in [0.3, 0.4) is 0 Å². The number of hydrogen-bond acceptors (Lipinski definition) is 2. The van der Waals surface area contributed by atoms with Crippen molar-refractivity contribution in [1.82, 2.24) is 0 Å². The average Bonchev–Trinajstić information content (AvgIpc) is 3.02. The minimum Gasteiger partial charge on any atom is -0.496 e. The molecule has 1 aromatic carbocycles. The summed E-state index contributed by atoms with van der Waals surface area (Å²) in [6.45, 7) is 0.889. The van der Waals surface area contributed by atoms with Crippen LogP contribution in [-0.2, 0) is 11.2 Å². The van der Waals surface area contributed by atoms with Gasteiger partial charge in [-0.3, -0.25) is 0 Å². The van der Waals surface area contributed by atoms with Crippen LogP contribution >= 0.6 is 0 Å². The molecule has 0 aromatic heterocycles. The molecule has 0 N–H and O–H groups in total. The molecule has 0 aliphatic carbocycles. The third-order valence-electron chi connectivity index (χ3n) is 2.62. The average molecular weight is 210 g/mol. The summed E-state index contributed by atoms with van der Waals surface area (Å²) >= 11 is 0. The van der Waals surface area contributed by atoms with E-state index in [1.807, 2.05) is 0 Å². The van der Waals surface area contributed by atoms with Gasteiger partial charge in [0.15, 0.2) is 0 Å². The first-order valence-corrected chi connectivity index (χ1v) is 5.23. The quantitative estimate of drug-likeness (QED) is 0.697. The lowest BCUT2D eigenvalue weighted by Gasteiger charge is -2.07. The summed E-state index contributed by atoms with van der Waals surface area (Å²) in [6, 6.07) is 4.65. The Kier molecular flexibility index (Phi) is 3.21. The molecule has 15 heavy (non-hydrogen) atoms. The highest BCUT2D eigenvalue weighted by Crippen LogP contribution is 2.23. The molecule has 1 aliphatic heterocycles. The molecule has 1 aromatic rings. The molecule has 3 heteroatoms. The maximum absolute atomic E-state index is 13.0. The summed E-state index contributed by atoms with van der Waals surface area (Å²) < 4.78 is 23.3. The van der Waals surface area contributed by atoms with E-state index in [-0.39, 0.29) is 5.82 Å². The molecule has 82 valence electrons. The molecule has 1 atom stereocenters. The van der Waals surface area contributed by atoms with Crippen LogP contribution in [0.2, 0.25) is 0 Å². The summed E-state index contributed by atoms with van der Waals surface area (Å²) in [7, 11) is 1.61. The third kappa shape index (κ3) is 2.93. The van der Waals surface area contributed by atoms with Crippen molar-refractivity contribution in [3.63, 3.8) is 0 Å². The number of halogens is 1. The molecule has 0 radical (unpaired) electrons. The number of epoxide rings is 1. The van der Waals surface area contributed by atoms with Crippen LogP contribution in [0.4, 0.5) is 4.39 Å². The van der Waals surface area contributed by atoms with E-state index >= 15 is 0 Å². The van der Waals surface area contributed by atoms with Gasteiger partial charge in [-0.15, -0.1) is 0 Å². The molecule has 2 rings (SSSR count). The van der Waals surface area contributed by atoms with Gasteiger partial charge in [0.05, 0.1) is 19.8 Å². The van der Waals surface area contributed by atoms with Gasteiger partial charge in [-0.1, -0.05) is 0 Å². The fourth-order valence-corrected chi connectivity index (χ4v) is 1.70. The highest BCUT2D eigenvalue weighted by molar-refractivity contribution is 5.33. The Hall–Kier alpha value is -1.09. The predicted octanol–water partition coefficient (Wildman–Crippen LogP) is 2.56. The van der Waals surface area contributed by atoms with Crippen LogP contribution in [0, 0.1) is 5.82 Å². The molecule has 0 saturated carbocycles. The van der Waals surface area contributed by atoms with E-state index in [1.165, 1.54) is 6.07 Å². The smallest absolute Gasteiger partial charge is 0.123 e. The number of rotatable bonds is 5. The molecule has 0 amide bonds. The van der Waals surface area contributed by atoms with E-state index in [0.29, 0.717) is 6.10 Å². The maximum atomic E-state index is 13.0. The third-order valence-corrected chi connectivity index (χ3v) is 2.62. The standard InChI is InChI=1S/C12H15FO2/c1-14-12-6-5-10(13)7-9(12)3-2-4-11-8-15-11/h5-7,11H,2-4,8H2,1H3/t11-/m1/s1. The molecular formula is C12H15FO2. The summed E-state index contributed by atoms with van der Waals surface area (Å²) in [6.07, 6.45) is 3.37. The highest BCUT2D eigenvalue weighted by Gasteiger charge is 2.21. The molecule has 1 fully saturated rings. The van der Waals surface area contributed by atoms with E-state index in [9.17, 15) is 4.39 Å². The van der Waals surface area contributed by atoms with E-state index < -0.39 is 0 Å². The summed E-state index contributed by atoms with van der Waals surface area (Å²) in [5.74, 6) is 0.571. The van der Waals surface area contributed by atoms with Gasteiger partial charge in [0, 0.05) is 0 Å². The second kappa shape index (κ2) is 4.62. The SMILES string of the molecule is COc1ccc(F)cc1CCC[C@@H]1CO1. The summed E-state index contributed by atoms with van der Waals surface area (Å²) in [5.41, 5.74) is 0.943. The number of aryl methyl sites for hydroxylation is 1. The minimum absolute atomic E-state index is 0.200. The van der Waals surface area contributed by atoms with Crippen molar-refractivity contribution in [2.45, 2.75) is 25.4 Å². The zero-order chi connectivity index (χ0) is 10.7. The molecule has 1 heterocycles. The van der Waals surface area contributed by atoms with Crippen LogP contribution in [-0.4, -0.2) is 19.8 Å². The highest BCUT2D eigenvalue weighted by atomic mass is 19.1. The Balaban J connectivity index is 1.94. The van der Waals surface area contributed by atoms with E-state index in [1.54, 1.807) is 19.2 Å². The van der Waals surface area contributed by atoms with Crippen molar-refractivity contribution in [3.05, 3.63) is 29.6 Å². The van der Waals surface area contributed by atoms with Crippen LogP contribution in [0.25, 0.3) is 0 Å². The van der Waals surface area contributed by atoms with Gasteiger partial charge >= 0.3 is 0 Å². The maximum Gasteiger partial charge on any atom is 0.123 e. The van der Waals surface area contributed by atoms with Crippen molar-refractivity contribution >= 4 is 0 Å². The second-order valence-corrected chi connectivity index (χ2v) is 3.80. The van der Waals surface area contributed by atoms with Crippen LogP contribution < -0.4 is 4.74 Å². The molecular weight excluding hydrogens is 195 g/mol. The monoisotopic (exact) mass is 210 g/mol. The summed E-state index contributed by atoms with van der Waals surface area (Å²) in [4.78, 5) is 0. The number of benzene rings is 1. The first-order valence-electron chi connectivity index (χ1n) is 5.23. The number of ether oxygens (including phenoxy) is 2. The lowest BCUT2D eigenvalue weighted by atomic mass is 10.1. The van der Waals surface area contributed by atoms with Gasteiger partial charge in [-0.25, -0.2) is 4.39 Å². The first kappa shape index (κ1) is 10.4. The number of methoxy groups -OCH3 is 1. The number of hydrogen-bond donors (Lipinski definition) is 0. The fourth-order valence-electron chi connectivity index (χ4n) is 1.70. The lowest BCUT2D eigenvalue weighted by Crippen LogP contribution is -1.95. The van der Waals surface area contributed by atoms with Gasteiger partial charge < -0.3 is 9.47 Å². The normalized spacial score (nSPS) is 18.9. The summed E-state index contributed by atoms with van der Waals surface area (Å²) in [5, 5.41) is 0. The zero-order valence-electron chi connectivity index (χ0n) is 8.83. The van der Waals surface area contributed by atoms with Crippen LogP contribution in [0.1, 0.15) is 18.4 Å². The minimum atomic E-state index is -0.200. The Labute approximate surface area is 89.0 Å². The van der Waals surface area contributed by atoms with Crippen molar-refractivity contribution in [1.29, 1.82) is 0 Å². The van der Waals surface area contributed by atoms with E-state index in [4.69, 9.17) is 9.47 Å². The molecule has 0 unspecified atom stereocenters. The van der Waals surface area contributed by atoms with Gasteiger partial charge in [0.2, 0.25) is 0 Å². The zero-order valence-corrected chi connectivity index (χ0v) is 8.83. The molecule has 2 nitrogen and oxygen atoms in total. The van der Waals surface area contributed by atoms with Gasteiger partial charge in [-0.2, -0.15) is 0 Å². The van der Waals surface area contributed by atoms with E-state index in [2.05, 4.69) is 0 Å². The van der Waals surface area contributed by atoms with Gasteiger partial charge in [-0.05, 0) is 43.0 Å². The van der Waals surface area contributed by atoms with Crippen molar-refractivity contribution in [3.8, 4) is 5.75 Å². The second-order valence-electron chi connectivity index (χ2n) is 3.80. The van der Waals surface area contributed by atoms with Crippen LogP contribution in [0.5, 0.6) is 5.75 Å². The lowest BCUT2D eigenvalue weighted by molar-refractivity contribution is 0.388. The Morgan fingerprint density at radius 1 is 1.53 bits per heavy atom. The molecule has 1 aliphatic rings. The van der Waals surface area contributed by atoms with Crippen molar-refractivity contribution < 1.29 is 13.9 Å². The fraction of sp³-hybridized carbons (Fsp3) is 0.500. The van der Waals surface area contributed by atoms with Crippen molar-refractivity contribution in [2.75, 3.05) is 13.7 Å². The molecule has 0 bridgehead atoms. The Morgan fingerprint density at radius 3 is 3.00 bits per heavy atom. The van der Waals surface area contributed by atoms with Crippen molar-refractivity contribution in [2.24, 2.45) is 0 Å². The Morgan fingerprint density at radius 2 is 2.33 bits per heavy atom. The Bertz CT molecular complexity index is 334. The van der Waals surface area contributed by atoms with Gasteiger partial charge in [0.1, 0.15) is 11.6 Å². The molecule has 0 spiro atoms. The first-order chi connectivity index (χ1) is 7.29. The topological polar surface area (TPSA) is 21.8 Å².